The van der Waals surface area contributed by atoms with Gasteiger partial charge in [-0.3, -0.25) is 4.90 Å². The number of nitrogens with zero attached hydrogens (tertiary/aromatic N) is 3. The van der Waals surface area contributed by atoms with Crippen LogP contribution < -0.4 is 5.32 Å². The van der Waals surface area contributed by atoms with Gasteiger partial charge in [-0.05, 0) is 36.5 Å². The van der Waals surface area contributed by atoms with Crippen LogP contribution in [0.3, 0.4) is 0 Å². The lowest BCUT2D eigenvalue weighted by Crippen LogP contribution is -2.35. The van der Waals surface area contributed by atoms with Crippen LogP contribution in [0.4, 0.5) is 5.82 Å². The number of aliphatic hydroxyl groups excluding tert-OH is 1. The number of aromatic nitrogens is 2. The Balaban J connectivity index is 1.41. The summed E-state index contributed by atoms with van der Waals surface area (Å²) in [4.78, 5) is 12.9. The number of likely N-dealkylation sites (tertiary alicyclic amines) is 1. The molecule has 1 aliphatic rings. The summed E-state index contributed by atoms with van der Waals surface area (Å²) in [7, 11) is 0. The molecule has 164 valence electrons. The third-order valence-corrected chi connectivity index (χ3v) is 7.02. The zero-order valence-corrected chi connectivity index (χ0v) is 19.1. The fourth-order valence-corrected chi connectivity index (χ4v) is 5.38. The molecule has 2 aromatic carbocycles. The Morgan fingerprint density at radius 2 is 1.72 bits per heavy atom. The highest BCUT2D eigenvalue weighted by Gasteiger charge is 2.18. The van der Waals surface area contributed by atoms with Gasteiger partial charge >= 0.3 is 0 Å². The molecule has 0 unspecified atom stereocenters. The molecule has 0 saturated carbocycles. The molecular weight excluding hydrogens is 416 g/mol. The van der Waals surface area contributed by atoms with E-state index in [0.29, 0.717) is 6.54 Å². The Hall–Kier alpha value is -2.80. The van der Waals surface area contributed by atoms with Crippen molar-refractivity contribution in [3.05, 3.63) is 76.9 Å². The first kappa shape index (κ1) is 21.1. The highest BCUT2D eigenvalue weighted by molar-refractivity contribution is 7.17. The van der Waals surface area contributed by atoms with Crippen LogP contribution in [0.25, 0.3) is 21.3 Å². The molecule has 6 heteroatoms. The summed E-state index contributed by atoms with van der Waals surface area (Å²) in [5, 5.41) is 16.7. The minimum Gasteiger partial charge on any atom is -0.393 e. The molecule has 0 atom stereocenters. The summed E-state index contributed by atoms with van der Waals surface area (Å²) in [6.45, 7) is 5.47. The summed E-state index contributed by atoms with van der Waals surface area (Å²) in [5.41, 5.74) is 4.96. The molecule has 3 heterocycles. The Kier molecular flexibility index (Phi) is 6.17. The molecule has 1 saturated heterocycles. The third kappa shape index (κ3) is 4.53. The first-order valence-electron chi connectivity index (χ1n) is 11.2. The van der Waals surface area contributed by atoms with Gasteiger partial charge in [0.25, 0.3) is 0 Å². The summed E-state index contributed by atoms with van der Waals surface area (Å²) in [6, 6.07) is 19.1. The lowest BCUT2D eigenvalue weighted by atomic mass is 10.0. The molecule has 0 bridgehead atoms. The van der Waals surface area contributed by atoms with Crippen molar-refractivity contribution in [3.63, 3.8) is 0 Å². The minimum absolute atomic E-state index is 0.143. The number of benzene rings is 2. The first-order chi connectivity index (χ1) is 15.7. The molecule has 1 aliphatic heterocycles. The van der Waals surface area contributed by atoms with E-state index in [1.165, 1.54) is 22.3 Å². The van der Waals surface area contributed by atoms with Crippen LogP contribution in [-0.4, -0.2) is 39.2 Å². The molecule has 0 spiro atoms. The van der Waals surface area contributed by atoms with Crippen molar-refractivity contribution in [3.8, 4) is 11.1 Å². The van der Waals surface area contributed by atoms with Gasteiger partial charge in [0.1, 0.15) is 16.5 Å². The van der Waals surface area contributed by atoms with E-state index in [4.69, 9.17) is 4.98 Å². The number of hydrogen-bond acceptors (Lipinski definition) is 6. The van der Waals surface area contributed by atoms with Crippen molar-refractivity contribution in [2.75, 3.05) is 18.4 Å². The topological polar surface area (TPSA) is 61.3 Å². The summed E-state index contributed by atoms with van der Waals surface area (Å²) in [6.07, 6.45) is 1.58. The molecule has 2 N–H and O–H groups in total. The van der Waals surface area contributed by atoms with Gasteiger partial charge in [-0.25, -0.2) is 9.97 Å². The number of aryl methyl sites for hydroxylation is 1. The number of piperidine rings is 1. The van der Waals surface area contributed by atoms with E-state index in [1.54, 1.807) is 11.3 Å². The smallest absolute Gasteiger partial charge is 0.139 e. The van der Waals surface area contributed by atoms with Gasteiger partial charge in [0, 0.05) is 37.1 Å². The maximum atomic E-state index is 9.81. The van der Waals surface area contributed by atoms with E-state index < -0.39 is 0 Å². The van der Waals surface area contributed by atoms with Crippen molar-refractivity contribution in [2.45, 2.75) is 39.0 Å². The number of thiophene rings is 1. The van der Waals surface area contributed by atoms with Gasteiger partial charge in [-0.1, -0.05) is 54.6 Å². The van der Waals surface area contributed by atoms with Crippen LogP contribution in [0.1, 0.15) is 29.8 Å². The third-order valence-electron chi connectivity index (χ3n) is 6.15. The highest BCUT2D eigenvalue weighted by Crippen LogP contribution is 2.37. The van der Waals surface area contributed by atoms with E-state index in [2.05, 4.69) is 69.1 Å². The van der Waals surface area contributed by atoms with Crippen LogP contribution in [0, 0.1) is 6.92 Å². The maximum Gasteiger partial charge on any atom is 0.139 e. The number of anilines is 1. The quantitative estimate of drug-likeness (QED) is 0.426. The van der Waals surface area contributed by atoms with Crippen molar-refractivity contribution >= 4 is 27.4 Å². The first-order valence-corrected chi connectivity index (χ1v) is 12.1. The average molecular weight is 445 g/mol. The second kappa shape index (κ2) is 9.36. The van der Waals surface area contributed by atoms with Crippen molar-refractivity contribution in [1.82, 2.24) is 14.9 Å². The van der Waals surface area contributed by atoms with E-state index in [9.17, 15) is 5.11 Å². The molecule has 5 rings (SSSR count). The van der Waals surface area contributed by atoms with E-state index in [1.807, 2.05) is 13.0 Å². The number of fused-ring (bicyclic) bond motifs is 1. The molecule has 32 heavy (non-hydrogen) atoms. The summed E-state index contributed by atoms with van der Waals surface area (Å²) in [5.74, 6) is 1.67. The van der Waals surface area contributed by atoms with Gasteiger partial charge in [0.2, 0.25) is 0 Å². The van der Waals surface area contributed by atoms with Gasteiger partial charge in [-0.15, -0.1) is 11.3 Å². The van der Waals surface area contributed by atoms with Crippen LogP contribution >= 0.6 is 11.3 Å². The molecule has 2 aromatic heterocycles. The van der Waals surface area contributed by atoms with Crippen molar-refractivity contribution < 1.29 is 5.11 Å². The Labute approximate surface area is 192 Å². The standard InChI is InChI=1S/C26H28N4OS/c1-18-28-25(24-23(17-32-26(24)29-18)19-7-3-2-4-8-19)27-15-20-9-5-6-10-21(20)16-30-13-11-22(31)12-14-30/h2-10,17,22,31H,11-16H2,1H3,(H,27,28,29). The Morgan fingerprint density at radius 1 is 1.00 bits per heavy atom. The predicted octanol–water partition coefficient (Wildman–Crippen LogP) is 5.24. The summed E-state index contributed by atoms with van der Waals surface area (Å²) >= 11 is 1.67. The largest absolute Gasteiger partial charge is 0.393 e. The van der Waals surface area contributed by atoms with Crippen molar-refractivity contribution in [1.29, 1.82) is 0 Å². The monoisotopic (exact) mass is 444 g/mol. The highest BCUT2D eigenvalue weighted by atomic mass is 32.1. The van der Waals surface area contributed by atoms with Gasteiger partial charge in [-0.2, -0.15) is 0 Å². The van der Waals surface area contributed by atoms with Crippen LogP contribution in [-0.2, 0) is 13.1 Å². The molecular formula is C26H28N4OS. The fraction of sp³-hybridized carbons (Fsp3) is 0.308. The van der Waals surface area contributed by atoms with Crippen molar-refractivity contribution in [2.24, 2.45) is 0 Å². The predicted molar refractivity (Wildman–Crippen MR) is 132 cm³/mol. The molecule has 4 aromatic rings. The van der Waals surface area contributed by atoms with E-state index in [0.717, 1.165) is 54.3 Å². The van der Waals surface area contributed by atoms with Crippen LogP contribution in [0.5, 0.6) is 0 Å². The number of hydrogen-bond donors (Lipinski definition) is 2. The fourth-order valence-electron chi connectivity index (χ4n) is 4.39. The lowest BCUT2D eigenvalue weighted by Gasteiger charge is -2.30. The average Bonchev–Trinajstić information content (AvgIpc) is 3.24. The molecule has 0 radical (unpaired) electrons. The Morgan fingerprint density at radius 3 is 2.50 bits per heavy atom. The van der Waals surface area contributed by atoms with E-state index >= 15 is 0 Å². The Bertz CT molecular complexity index is 1200. The zero-order valence-electron chi connectivity index (χ0n) is 18.3. The number of nitrogens with one attached hydrogen (secondary N) is 1. The SMILES string of the molecule is Cc1nc(NCc2ccccc2CN2CCC(O)CC2)c2c(-c3ccccc3)csc2n1. The summed E-state index contributed by atoms with van der Waals surface area (Å²) < 4.78 is 0. The normalized spacial score (nSPS) is 15.3. The zero-order chi connectivity index (χ0) is 21.9. The molecule has 0 amide bonds. The van der Waals surface area contributed by atoms with Gasteiger partial charge < -0.3 is 10.4 Å². The van der Waals surface area contributed by atoms with E-state index in [-0.39, 0.29) is 6.10 Å². The molecule has 5 nitrogen and oxygen atoms in total. The molecule has 0 aliphatic carbocycles. The minimum atomic E-state index is -0.143. The number of rotatable bonds is 6. The maximum absolute atomic E-state index is 9.81. The van der Waals surface area contributed by atoms with Gasteiger partial charge in [0.15, 0.2) is 0 Å². The molecule has 1 fully saturated rings. The van der Waals surface area contributed by atoms with Gasteiger partial charge in [0.05, 0.1) is 11.5 Å². The second-order valence-corrected chi connectivity index (χ2v) is 9.30. The lowest BCUT2D eigenvalue weighted by molar-refractivity contribution is 0.0791. The van der Waals surface area contributed by atoms with Crippen LogP contribution in [0.2, 0.25) is 0 Å². The number of aliphatic hydroxyl groups is 1. The van der Waals surface area contributed by atoms with Crippen LogP contribution in [0.15, 0.2) is 60.0 Å². The second-order valence-electron chi connectivity index (χ2n) is 8.44.